The maximum atomic E-state index is 15.0. The van der Waals surface area contributed by atoms with Crippen molar-refractivity contribution in [2.75, 3.05) is 18.4 Å². The summed E-state index contributed by atoms with van der Waals surface area (Å²) in [4.78, 5) is 74.8. The molecule has 51 heavy (non-hydrogen) atoms. The number of oxazole rings is 1. The van der Waals surface area contributed by atoms with E-state index < -0.39 is 91.2 Å². The van der Waals surface area contributed by atoms with Gasteiger partial charge in [0.1, 0.15) is 23.6 Å². The van der Waals surface area contributed by atoms with Crippen LogP contribution in [0.5, 0.6) is 0 Å². The summed E-state index contributed by atoms with van der Waals surface area (Å²) in [6.45, 7) is 8.11. The molecular formula is C33H39F3N5O9S+. The van der Waals surface area contributed by atoms with E-state index in [1.807, 2.05) is 0 Å². The third-order valence-corrected chi connectivity index (χ3v) is 10.0. The number of ketones is 1. The van der Waals surface area contributed by atoms with Gasteiger partial charge in [0.15, 0.2) is 5.58 Å². The lowest BCUT2D eigenvalue weighted by molar-refractivity contribution is -0.788. The fourth-order valence-electron chi connectivity index (χ4n) is 6.01. The van der Waals surface area contributed by atoms with Crippen molar-refractivity contribution < 1.29 is 59.2 Å². The molecule has 3 N–H and O–H groups in total. The van der Waals surface area contributed by atoms with E-state index in [4.69, 9.17) is 14.9 Å². The highest BCUT2D eigenvalue weighted by Crippen LogP contribution is 2.35. The SMILES string of the molecule is COC(=O)c1ccc2oc(C(=O)C(C(C)C)N(C(=O)c3ccc(NS(=O)(=O)C(F)(F)F)cc3)C(=O)[N+]3(C(=O)[C@@H](N)C(C)C)CCC[C@H]3C)nc2c1. The molecule has 2 unspecified atom stereocenters. The van der Waals surface area contributed by atoms with Crippen LogP contribution in [0.2, 0.25) is 0 Å². The van der Waals surface area contributed by atoms with Crippen LogP contribution in [0.15, 0.2) is 46.9 Å². The van der Waals surface area contributed by atoms with Crippen molar-refractivity contribution in [2.45, 2.75) is 71.1 Å². The number of esters is 1. The number of amides is 4. The molecule has 0 spiro atoms. The molecule has 0 bridgehead atoms. The predicted molar refractivity (Wildman–Crippen MR) is 177 cm³/mol. The van der Waals surface area contributed by atoms with E-state index >= 15 is 0 Å². The first-order valence-corrected chi connectivity index (χ1v) is 17.4. The number of imide groups is 2. The standard InChI is InChI=1S/C33H38F3N5O9S/c1-17(2)25(37)30(44)41(15-7-8-19(41)5)32(46)40(29(43)20-9-12-22(13-10-20)39-51(47,48)33(34,35)36)26(18(3)4)27(42)28-38-23-16-21(31(45)49-6)11-14-24(23)50-28/h9-14,16-19,25-26H,7-8,15,37H2,1-6H3/p+1/t19-,25+,26?,41?/m1/s1. The van der Waals surface area contributed by atoms with Crippen LogP contribution in [0.1, 0.15) is 78.9 Å². The second-order valence-electron chi connectivity index (χ2n) is 13.0. The summed E-state index contributed by atoms with van der Waals surface area (Å²) in [6, 6.07) is 3.34. The molecule has 0 radical (unpaired) electrons. The number of halogens is 3. The molecule has 14 nitrogen and oxygen atoms in total. The minimum Gasteiger partial charge on any atom is -0.465 e. The van der Waals surface area contributed by atoms with Gasteiger partial charge in [-0.15, -0.1) is 0 Å². The molecule has 1 aliphatic heterocycles. The summed E-state index contributed by atoms with van der Waals surface area (Å²) in [6.07, 6.45) is 0.819. The van der Waals surface area contributed by atoms with Crippen molar-refractivity contribution in [1.82, 2.24) is 9.88 Å². The number of rotatable bonds is 10. The highest BCUT2D eigenvalue weighted by molar-refractivity contribution is 7.93. The fraction of sp³-hybridized carbons (Fsp3) is 0.455. The van der Waals surface area contributed by atoms with Gasteiger partial charge in [-0.25, -0.2) is 24.3 Å². The van der Waals surface area contributed by atoms with Gasteiger partial charge < -0.3 is 14.9 Å². The zero-order valence-electron chi connectivity index (χ0n) is 28.7. The molecule has 4 rings (SSSR count). The Kier molecular flexibility index (Phi) is 11.1. The normalized spacial score (nSPS) is 19.2. The number of aromatic nitrogens is 1. The smallest absolute Gasteiger partial charge is 0.465 e. The third kappa shape index (κ3) is 7.38. The monoisotopic (exact) mass is 738 g/mol. The summed E-state index contributed by atoms with van der Waals surface area (Å²) in [7, 11) is -4.61. The van der Waals surface area contributed by atoms with Crippen LogP contribution >= 0.6 is 0 Å². The maximum Gasteiger partial charge on any atom is 0.516 e. The number of fused-ring (bicyclic) bond motifs is 1. The fourth-order valence-corrected chi connectivity index (χ4v) is 6.58. The first-order valence-electron chi connectivity index (χ1n) is 16.0. The lowest BCUT2D eigenvalue weighted by Crippen LogP contribution is -2.70. The van der Waals surface area contributed by atoms with Crippen LogP contribution in [-0.2, 0) is 19.6 Å². The minimum absolute atomic E-state index is 0.0284. The Balaban J connectivity index is 1.87. The number of hydrogen-bond donors (Lipinski definition) is 2. The molecule has 276 valence electrons. The van der Waals surface area contributed by atoms with Crippen LogP contribution < -0.4 is 10.5 Å². The molecule has 2 heterocycles. The summed E-state index contributed by atoms with van der Waals surface area (Å²) in [5.41, 5.74) is 0.141. The molecule has 0 aliphatic carbocycles. The van der Waals surface area contributed by atoms with Crippen LogP contribution in [-0.4, -0.2) is 89.7 Å². The van der Waals surface area contributed by atoms with Crippen LogP contribution in [0, 0.1) is 11.8 Å². The summed E-state index contributed by atoms with van der Waals surface area (Å²) in [5.74, 6) is -5.11. The van der Waals surface area contributed by atoms with Crippen LogP contribution in [0.3, 0.4) is 0 Å². The highest BCUT2D eigenvalue weighted by atomic mass is 32.2. The lowest BCUT2D eigenvalue weighted by Gasteiger charge is -2.40. The topological polar surface area (TPSA) is 196 Å². The highest BCUT2D eigenvalue weighted by Gasteiger charge is 2.59. The number of anilines is 1. The second kappa shape index (κ2) is 14.5. The number of alkyl halides is 3. The number of benzene rings is 2. The molecule has 18 heteroatoms. The molecule has 4 amide bonds. The summed E-state index contributed by atoms with van der Waals surface area (Å²) < 4.78 is 73.1. The Morgan fingerprint density at radius 1 is 1.02 bits per heavy atom. The van der Waals surface area contributed by atoms with Gasteiger partial charge in [-0.05, 0) is 61.2 Å². The molecule has 1 saturated heterocycles. The largest absolute Gasteiger partial charge is 0.516 e. The molecule has 1 aromatic heterocycles. The Labute approximate surface area is 291 Å². The number of hydrogen-bond acceptors (Lipinski definition) is 11. The average molecular weight is 739 g/mol. The summed E-state index contributed by atoms with van der Waals surface area (Å²) in [5, 5.41) is 0. The maximum absolute atomic E-state index is 15.0. The van der Waals surface area contributed by atoms with E-state index in [0.717, 1.165) is 24.3 Å². The Hall–Kier alpha value is -4.68. The molecule has 3 aromatic rings. The van der Waals surface area contributed by atoms with Gasteiger partial charge in [0.05, 0.1) is 19.2 Å². The Morgan fingerprint density at radius 2 is 1.63 bits per heavy atom. The number of sulfonamides is 1. The number of carbonyl (C=O) groups excluding carboxylic acids is 5. The van der Waals surface area contributed by atoms with Gasteiger partial charge in [0, 0.05) is 24.1 Å². The van der Waals surface area contributed by atoms with E-state index in [1.54, 1.807) is 34.6 Å². The zero-order valence-corrected chi connectivity index (χ0v) is 29.5. The van der Waals surface area contributed by atoms with Crippen molar-refractivity contribution >= 4 is 56.4 Å². The van der Waals surface area contributed by atoms with Crippen molar-refractivity contribution in [1.29, 1.82) is 0 Å². The van der Waals surface area contributed by atoms with Gasteiger partial charge in [-0.2, -0.15) is 26.1 Å². The number of nitrogens with one attached hydrogen (secondary N) is 1. The first-order chi connectivity index (χ1) is 23.7. The number of carbonyl (C=O) groups is 5. The predicted octanol–water partition coefficient (Wildman–Crippen LogP) is 4.85. The van der Waals surface area contributed by atoms with Crippen molar-refractivity contribution in [3.05, 3.63) is 59.5 Å². The molecule has 0 saturated carbocycles. The minimum atomic E-state index is -5.79. The number of urea groups is 1. The van der Waals surface area contributed by atoms with E-state index in [-0.39, 0.29) is 28.8 Å². The Morgan fingerprint density at radius 3 is 2.14 bits per heavy atom. The van der Waals surface area contributed by atoms with E-state index in [0.29, 0.717) is 17.7 Å². The van der Waals surface area contributed by atoms with Crippen molar-refractivity contribution in [3.63, 3.8) is 0 Å². The molecule has 4 atom stereocenters. The number of ether oxygens (including phenoxy) is 1. The average Bonchev–Trinajstić information content (AvgIpc) is 3.68. The number of methoxy groups -OCH3 is 1. The quantitative estimate of drug-likeness (QED) is 0.164. The van der Waals surface area contributed by atoms with E-state index in [1.165, 1.54) is 30.0 Å². The van der Waals surface area contributed by atoms with Crippen molar-refractivity contribution in [3.8, 4) is 0 Å². The van der Waals surface area contributed by atoms with E-state index in [9.17, 15) is 45.6 Å². The third-order valence-electron chi connectivity index (χ3n) is 8.93. The van der Waals surface area contributed by atoms with Gasteiger partial charge in [-0.1, -0.05) is 27.7 Å². The number of likely N-dealkylation sites (tertiary alicyclic amines) is 1. The van der Waals surface area contributed by atoms with Gasteiger partial charge >= 0.3 is 33.4 Å². The van der Waals surface area contributed by atoms with Crippen LogP contribution in [0.25, 0.3) is 11.1 Å². The van der Waals surface area contributed by atoms with Gasteiger partial charge in [0.25, 0.3) is 11.8 Å². The molecule has 1 fully saturated rings. The zero-order chi connectivity index (χ0) is 38.2. The van der Waals surface area contributed by atoms with Crippen molar-refractivity contribution in [2.24, 2.45) is 17.6 Å². The number of nitrogens with zero attached hydrogens (tertiary/aromatic N) is 3. The first kappa shape index (κ1) is 39.1. The van der Waals surface area contributed by atoms with Gasteiger partial charge in [-0.3, -0.25) is 14.3 Å². The second-order valence-corrected chi connectivity index (χ2v) is 14.7. The van der Waals surface area contributed by atoms with Gasteiger partial charge in [0.2, 0.25) is 5.78 Å². The molecule has 1 aliphatic rings. The lowest BCUT2D eigenvalue weighted by atomic mass is 9.96. The Bertz CT molecular complexity index is 1960. The summed E-state index contributed by atoms with van der Waals surface area (Å²) >= 11 is 0. The molecular weight excluding hydrogens is 699 g/mol. The number of nitrogens with two attached hydrogens (primary N) is 1. The van der Waals surface area contributed by atoms with Crippen LogP contribution in [0.4, 0.5) is 23.7 Å². The number of Topliss-reactive ketones (excluding diaryl/α,β-unsaturated/α-hetero) is 1. The molecule has 2 aromatic carbocycles. The number of quaternary nitrogens is 1. The van der Waals surface area contributed by atoms with E-state index in [2.05, 4.69) is 4.98 Å².